The van der Waals surface area contributed by atoms with E-state index in [9.17, 15) is 0 Å². The van der Waals surface area contributed by atoms with Crippen LogP contribution in [0.25, 0.3) is 0 Å². The van der Waals surface area contributed by atoms with E-state index in [1.807, 2.05) is 0 Å². The lowest BCUT2D eigenvalue weighted by Gasteiger charge is -2.33. The molecule has 1 unspecified atom stereocenters. The maximum atomic E-state index is 7.77. The molecule has 4 rings (SSSR count). The molecule has 48 heavy (non-hydrogen) atoms. The van der Waals surface area contributed by atoms with E-state index in [1.165, 1.54) is 0 Å². The monoisotopic (exact) mass is 846 g/mol. The molecular weight excluding hydrogens is 815 g/mol. The van der Waals surface area contributed by atoms with Gasteiger partial charge in [-0.15, -0.1) is 0 Å². The zero-order valence-electron chi connectivity index (χ0n) is 25.4. The van der Waals surface area contributed by atoms with Gasteiger partial charge in [0.25, 0.3) is 0 Å². The quantitative estimate of drug-likeness (QED) is 0.0409. The maximum absolute atomic E-state index is 7.77. The summed E-state index contributed by atoms with van der Waals surface area (Å²) in [6, 6.07) is 21.9. The molecule has 4 aromatic carbocycles. The van der Waals surface area contributed by atoms with Crippen LogP contribution in [0.1, 0.15) is 22.3 Å². The zero-order valence-corrected chi connectivity index (χ0v) is 29.9. The predicted molar refractivity (Wildman–Crippen MR) is 200 cm³/mol. The van der Waals surface area contributed by atoms with Crippen LogP contribution in [-0.4, -0.2) is 49.8 Å². The number of rotatable bonds is 16. The van der Waals surface area contributed by atoms with Crippen molar-refractivity contribution in [2.45, 2.75) is 0 Å². The molecule has 0 saturated heterocycles. The number of benzene rings is 4. The van der Waals surface area contributed by atoms with Crippen LogP contribution in [-0.2, 0) is 0 Å². The summed E-state index contributed by atoms with van der Waals surface area (Å²) in [5, 5.41) is 31.2. The van der Waals surface area contributed by atoms with E-state index in [0.717, 1.165) is 3.57 Å². The highest BCUT2D eigenvalue weighted by Gasteiger charge is 2.36. The van der Waals surface area contributed by atoms with Crippen molar-refractivity contribution in [1.29, 1.82) is 21.6 Å². The fourth-order valence-corrected chi connectivity index (χ4v) is 5.67. The van der Waals surface area contributed by atoms with Crippen molar-refractivity contribution in [2.24, 2.45) is 28.3 Å². The molecule has 12 N–H and O–H groups in total. The highest BCUT2D eigenvalue weighted by atomic mass is 127. The topological polar surface area (TPSA) is 236 Å². The minimum Gasteiger partial charge on any atom is -0.493 e. The minimum atomic E-state index is -0.997. The molecule has 0 bridgehead atoms. The Labute approximate surface area is 304 Å². The Morgan fingerprint density at radius 3 is 1.50 bits per heavy atom. The molecule has 0 radical (unpaired) electrons. The van der Waals surface area contributed by atoms with Crippen molar-refractivity contribution >= 4 is 73.5 Å². The summed E-state index contributed by atoms with van der Waals surface area (Å²) in [6.45, 7) is 0.117. The van der Waals surface area contributed by atoms with Gasteiger partial charge in [0.1, 0.15) is 78.2 Å². The van der Waals surface area contributed by atoms with Crippen LogP contribution < -0.4 is 41.9 Å². The standard InChI is InChI=1S/C33H33BrClIN8O4/c34-23-11-19(30(39)40)3-8-26(23)46-15-33(14-45-22-6-1-18(2-7-22)29(37)38,16-47-27-9-4-20(31(41)42)12-24(27)35)17-48-28-10-5-21(32(43)44)13-25(28)36/h1-13H,14-17H2,(H3,37,38)(H3,39,40)(H3,41,42)(H3,43,44). The number of hydrogen-bond acceptors (Lipinski definition) is 8. The molecule has 15 heteroatoms. The van der Waals surface area contributed by atoms with E-state index in [1.54, 1.807) is 78.9 Å². The van der Waals surface area contributed by atoms with Crippen molar-refractivity contribution in [3.63, 3.8) is 0 Å². The number of hydrogen-bond donors (Lipinski definition) is 8. The van der Waals surface area contributed by atoms with Gasteiger partial charge in [0.2, 0.25) is 0 Å². The van der Waals surface area contributed by atoms with E-state index in [4.69, 9.17) is 75.1 Å². The van der Waals surface area contributed by atoms with Crippen LogP contribution in [0.3, 0.4) is 0 Å². The number of nitrogen functional groups attached to an aromatic ring is 4. The van der Waals surface area contributed by atoms with Gasteiger partial charge in [0.05, 0.1) is 13.1 Å². The van der Waals surface area contributed by atoms with Crippen LogP contribution in [0, 0.1) is 30.6 Å². The van der Waals surface area contributed by atoms with Gasteiger partial charge in [-0.05, 0) is 117 Å². The molecule has 4 aromatic rings. The largest absolute Gasteiger partial charge is 0.493 e. The Balaban J connectivity index is 1.70. The van der Waals surface area contributed by atoms with Gasteiger partial charge >= 0.3 is 0 Å². The van der Waals surface area contributed by atoms with Crippen LogP contribution in [0.5, 0.6) is 23.0 Å². The first kappa shape index (κ1) is 36.3. The molecule has 0 heterocycles. The Morgan fingerprint density at radius 1 is 0.583 bits per heavy atom. The fraction of sp³-hybridized carbons (Fsp3) is 0.152. The summed E-state index contributed by atoms with van der Waals surface area (Å²) in [6.07, 6.45) is 0. The molecular formula is C33H33BrClIN8O4. The zero-order chi connectivity index (χ0) is 35.0. The summed E-state index contributed by atoms with van der Waals surface area (Å²) in [5.41, 5.74) is 23.7. The van der Waals surface area contributed by atoms with Gasteiger partial charge in [0, 0.05) is 22.3 Å². The highest BCUT2D eigenvalue weighted by Crippen LogP contribution is 2.33. The van der Waals surface area contributed by atoms with Crippen LogP contribution in [0.2, 0.25) is 5.02 Å². The van der Waals surface area contributed by atoms with Crippen LogP contribution in [0.15, 0.2) is 83.3 Å². The Bertz CT molecular complexity index is 1700. The van der Waals surface area contributed by atoms with Crippen molar-refractivity contribution < 1.29 is 18.9 Å². The number of nitrogens with one attached hydrogen (secondary N) is 4. The number of amidine groups is 4. The van der Waals surface area contributed by atoms with E-state index < -0.39 is 5.41 Å². The van der Waals surface area contributed by atoms with E-state index in [2.05, 4.69) is 38.5 Å². The minimum absolute atomic E-state index is 0.00290. The summed E-state index contributed by atoms with van der Waals surface area (Å²) < 4.78 is 26.6. The van der Waals surface area contributed by atoms with Gasteiger partial charge < -0.3 is 41.9 Å². The van der Waals surface area contributed by atoms with Gasteiger partial charge in [-0.25, -0.2) is 0 Å². The van der Waals surface area contributed by atoms with Crippen molar-refractivity contribution in [3.8, 4) is 23.0 Å². The van der Waals surface area contributed by atoms with Crippen molar-refractivity contribution in [1.82, 2.24) is 0 Å². The molecule has 0 fully saturated rings. The summed E-state index contributed by atoms with van der Waals surface area (Å²) in [5.74, 6) is 1.56. The average Bonchev–Trinajstić information content (AvgIpc) is 3.05. The molecule has 0 spiro atoms. The third kappa shape index (κ3) is 9.51. The average molecular weight is 848 g/mol. The molecule has 0 aromatic heterocycles. The van der Waals surface area contributed by atoms with E-state index in [0.29, 0.717) is 49.7 Å². The van der Waals surface area contributed by atoms with Gasteiger partial charge in [-0.3, -0.25) is 21.6 Å². The Kier molecular flexibility index (Phi) is 12.1. The highest BCUT2D eigenvalue weighted by molar-refractivity contribution is 14.1. The third-order valence-electron chi connectivity index (χ3n) is 7.04. The van der Waals surface area contributed by atoms with E-state index >= 15 is 0 Å². The number of halogens is 3. The smallest absolute Gasteiger partial charge is 0.137 e. The molecule has 250 valence electrons. The first-order chi connectivity index (χ1) is 22.8. The lowest BCUT2D eigenvalue weighted by atomic mass is 9.92. The molecule has 0 aliphatic rings. The lowest BCUT2D eigenvalue weighted by molar-refractivity contribution is -0.00389. The fourth-order valence-electron chi connectivity index (χ4n) is 4.27. The van der Waals surface area contributed by atoms with E-state index in [-0.39, 0.29) is 54.8 Å². The van der Waals surface area contributed by atoms with Crippen LogP contribution in [0.4, 0.5) is 0 Å². The van der Waals surface area contributed by atoms with Gasteiger partial charge in [0.15, 0.2) is 0 Å². The Morgan fingerprint density at radius 2 is 1.00 bits per heavy atom. The van der Waals surface area contributed by atoms with Gasteiger partial charge in [-0.2, -0.15) is 0 Å². The molecule has 12 nitrogen and oxygen atoms in total. The SMILES string of the molecule is N=C(N)c1ccc(OCC(COc2ccc(C(=N)N)cc2Cl)(COc2ccc(C(=N)N)cc2Br)COc2ccc(C(=N)N)cc2I)cc1. The molecule has 0 aliphatic carbocycles. The molecule has 0 amide bonds. The van der Waals surface area contributed by atoms with Crippen molar-refractivity contribution in [3.05, 3.63) is 114 Å². The summed E-state index contributed by atoms with van der Waals surface area (Å²) >= 11 is 12.2. The first-order valence-electron chi connectivity index (χ1n) is 14.1. The predicted octanol–water partition coefficient (Wildman–Crippen LogP) is 5.45. The first-order valence-corrected chi connectivity index (χ1v) is 16.4. The second-order valence-corrected chi connectivity index (χ2v) is 13.2. The van der Waals surface area contributed by atoms with Crippen molar-refractivity contribution in [2.75, 3.05) is 26.4 Å². The number of ether oxygens (including phenoxy) is 4. The number of nitrogens with two attached hydrogens (primary N) is 4. The second-order valence-electron chi connectivity index (χ2n) is 10.8. The van der Waals surface area contributed by atoms with Crippen LogP contribution >= 0.6 is 50.1 Å². The third-order valence-corrected chi connectivity index (χ3v) is 8.80. The second kappa shape index (κ2) is 16.0. The Hall–Kier alpha value is -4.54. The lowest BCUT2D eigenvalue weighted by Crippen LogP contribution is -2.45. The molecule has 1 atom stereocenters. The maximum Gasteiger partial charge on any atom is 0.137 e. The van der Waals surface area contributed by atoms with Gasteiger partial charge in [-0.1, -0.05) is 11.6 Å². The molecule has 0 saturated carbocycles. The summed E-state index contributed by atoms with van der Waals surface area (Å²) in [4.78, 5) is 0. The summed E-state index contributed by atoms with van der Waals surface area (Å²) in [7, 11) is 0. The molecule has 0 aliphatic heterocycles. The normalized spacial score (nSPS) is 12.0.